The number of hydrogen-bond acceptors (Lipinski definition) is 4. The predicted octanol–water partition coefficient (Wildman–Crippen LogP) is 4.77. The normalized spacial score (nSPS) is 10.8. The lowest BCUT2D eigenvalue weighted by Gasteiger charge is -2.12. The van der Waals surface area contributed by atoms with Gasteiger partial charge in [0.25, 0.3) is 5.91 Å². The number of pyridine rings is 1. The van der Waals surface area contributed by atoms with Gasteiger partial charge in [-0.25, -0.2) is 9.82 Å². The number of halogens is 3. The maximum Gasteiger partial charge on any atom is 0.272 e. The number of carbonyl (C=O) groups is 1. The van der Waals surface area contributed by atoms with Crippen molar-refractivity contribution >= 4 is 57.3 Å². The first kappa shape index (κ1) is 20.6. The molecule has 5 nitrogen and oxygen atoms in total. The van der Waals surface area contributed by atoms with Crippen LogP contribution in [0.15, 0.2) is 66.0 Å². The van der Waals surface area contributed by atoms with Crippen LogP contribution in [0.25, 0.3) is 0 Å². The van der Waals surface area contributed by atoms with Crippen molar-refractivity contribution in [2.75, 3.05) is 0 Å². The first-order chi connectivity index (χ1) is 13.5. The molecule has 0 aliphatic carbocycles. The lowest BCUT2D eigenvalue weighted by molar-refractivity contribution is 0.0955. The molecule has 0 atom stereocenters. The number of aromatic nitrogens is 1. The number of ether oxygens (including phenoxy) is 1. The minimum atomic E-state index is -0.335. The maximum absolute atomic E-state index is 13.7. The Morgan fingerprint density at radius 2 is 1.93 bits per heavy atom. The second-order valence-corrected chi connectivity index (χ2v) is 7.96. The Balaban J connectivity index is 1.66. The molecule has 1 heterocycles. The molecule has 0 radical (unpaired) electrons. The highest BCUT2D eigenvalue weighted by Gasteiger charge is 2.10. The van der Waals surface area contributed by atoms with Crippen molar-refractivity contribution in [3.8, 4) is 5.75 Å². The van der Waals surface area contributed by atoms with Gasteiger partial charge >= 0.3 is 0 Å². The van der Waals surface area contributed by atoms with Crippen LogP contribution in [0.4, 0.5) is 4.39 Å². The minimum Gasteiger partial charge on any atom is -0.487 e. The highest BCUT2D eigenvalue weighted by molar-refractivity contribution is 14.1. The molecule has 28 heavy (non-hydrogen) atoms. The summed E-state index contributed by atoms with van der Waals surface area (Å²) in [7, 11) is 0. The summed E-state index contributed by atoms with van der Waals surface area (Å²) in [4.78, 5) is 15.8. The second kappa shape index (κ2) is 9.92. The van der Waals surface area contributed by atoms with Gasteiger partial charge in [-0.05, 0) is 81.1 Å². The summed E-state index contributed by atoms with van der Waals surface area (Å²) in [6.45, 7) is 0.146. The molecule has 1 amide bonds. The fourth-order valence-corrected chi connectivity index (χ4v) is 4.41. The summed E-state index contributed by atoms with van der Waals surface area (Å²) < 4.78 is 21.3. The van der Waals surface area contributed by atoms with Crippen LogP contribution >= 0.6 is 45.2 Å². The van der Waals surface area contributed by atoms with Gasteiger partial charge in [0.15, 0.2) is 0 Å². The molecule has 3 aromatic rings. The van der Waals surface area contributed by atoms with Gasteiger partial charge in [-0.15, -0.1) is 0 Å². The van der Waals surface area contributed by atoms with Gasteiger partial charge < -0.3 is 4.74 Å². The number of nitrogens with zero attached hydrogens (tertiary/aromatic N) is 2. The standard InChI is InChI=1S/C20H14FI2N3O2/c21-16-6-2-1-4-15(16)12-28-19-17(22)8-13(9-18(19)23)10-25-26-20(27)14-5-3-7-24-11-14/h1-11H,12H2,(H,26,27)/b25-10+. The maximum atomic E-state index is 13.7. The van der Waals surface area contributed by atoms with Gasteiger partial charge in [-0.3, -0.25) is 9.78 Å². The van der Waals surface area contributed by atoms with Gasteiger partial charge in [-0.1, -0.05) is 18.2 Å². The van der Waals surface area contributed by atoms with Gasteiger partial charge in [0, 0.05) is 18.0 Å². The fourth-order valence-electron chi connectivity index (χ4n) is 2.28. The number of hydrazone groups is 1. The van der Waals surface area contributed by atoms with E-state index >= 15 is 0 Å². The Morgan fingerprint density at radius 3 is 2.61 bits per heavy atom. The van der Waals surface area contributed by atoms with Crippen molar-refractivity contribution in [3.63, 3.8) is 0 Å². The first-order valence-corrected chi connectivity index (χ1v) is 10.3. The molecule has 0 aliphatic rings. The van der Waals surface area contributed by atoms with E-state index in [4.69, 9.17) is 4.74 Å². The SMILES string of the molecule is O=C(N/N=C/c1cc(I)c(OCc2ccccc2F)c(I)c1)c1cccnc1. The molecule has 0 spiro atoms. The number of nitrogens with one attached hydrogen (secondary N) is 1. The van der Waals surface area contributed by atoms with E-state index in [1.807, 2.05) is 12.1 Å². The summed E-state index contributed by atoms with van der Waals surface area (Å²) in [5, 5.41) is 3.99. The number of amides is 1. The summed E-state index contributed by atoms with van der Waals surface area (Å²) >= 11 is 4.31. The molecule has 0 saturated heterocycles. The number of rotatable bonds is 6. The number of carbonyl (C=O) groups excluding carboxylic acids is 1. The molecular formula is C20H14FI2N3O2. The van der Waals surface area contributed by atoms with E-state index in [1.165, 1.54) is 12.3 Å². The largest absolute Gasteiger partial charge is 0.487 e. The van der Waals surface area contributed by atoms with Crippen LogP contribution in [0.2, 0.25) is 0 Å². The number of hydrogen-bond donors (Lipinski definition) is 1. The van der Waals surface area contributed by atoms with Crippen LogP contribution < -0.4 is 10.2 Å². The zero-order valence-electron chi connectivity index (χ0n) is 14.4. The smallest absolute Gasteiger partial charge is 0.272 e. The molecule has 1 N–H and O–H groups in total. The Kier molecular flexibility index (Phi) is 7.31. The average molecular weight is 601 g/mol. The van der Waals surface area contributed by atoms with Gasteiger partial charge in [0.05, 0.1) is 18.9 Å². The highest BCUT2D eigenvalue weighted by Crippen LogP contribution is 2.29. The van der Waals surface area contributed by atoms with Crippen LogP contribution in [-0.4, -0.2) is 17.1 Å². The van der Waals surface area contributed by atoms with Crippen LogP contribution in [0.5, 0.6) is 5.75 Å². The van der Waals surface area contributed by atoms with E-state index in [-0.39, 0.29) is 18.3 Å². The molecule has 0 unspecified atom stereocenters. The Morgan fingerprint density at radius 1 is 1.18 bits per heavy atom. The van der Waals surface area contributed by atoms with Crippen LogP contribution in [0.1, 0.15) is 21.5 Å². The molecular weight excluding hydrogens is 587 g/mol. The highest BCUT2D eigenvalue weighted by atomic mass is 127. The molecule has 0 bridgehead atoms. The molecule has 0 saturated carbocycles. The molecule has 8 heteroatoms. The van der Waals surface area contributed by atoms with E-state index in [0.29, 0.717) is 16.9 Å². The summed E-state index contributed by atoms with van der Waals surface area (Å²) in [6, 6.07) is 13.6. The van der Waals surface area contributed by atoms with Crippen molar-refractivity contribution in [1.29, 1.82) is 0 Å². The third-order valence-corrected chi connectivity index (χ3v) is 5.26. The van der Waals surface area contributed by atoms with Crippen molar-refractivity contribution in [2.45, 2.75) is 6.61 Å². The van der Waals surface area contributed by atoms with Crippen molar-refractivity contribution in [1.82, 2.24) is 10.4 Å². The third kappa shape index (κ3) is 5.47. The molecule has 142 valence electrons. The molecule has 0 aliphatic heterocycles. The molecule has 3 rings (SSSR count). The zero-order valence-corrected chi connectivity index (χ0v) is 18.7. The predicted molar refractivity (Wildman–Crippen MR) is 122 cm³/mol. The third-order valence-electron chi connectivity index (χ3n) is 3.65. The van der Waals surface area contributed by atoms with E-state index in [0.717, 1.165) is 12.7 Å². The van der Waals surface area contributed by atoms with E-state index < -0.39 is 0 Å². The van der Waals surface area contributed by atoms with E-state index in [2.05, 4.69) is 60.7 Å². The Hall–Kier alpha value is -2.08. The lowest BCUT2D eigenvalue weighted by Crippen LogP contribution is -2.17. The van der Waals surface area contributed by atoms with Crippen molar-refractivity contribution in [3.05, 3.63) is 90.6 Å². The zero-order chi connectivity index (χ0) is 19.9. The fraction of sp³-hybridized carbons (Fsp3) is 0.0500. The minimum absolute atomic E-state index is 0.146. The molecule has 2 aromatic carbocycles. The average Bonchev–Trinajstić information content (AvgIpc) is 2.69. The Labute approximate surface area is 188 Å². The summed E-state index contributed by atoms with van der Waals surface area (Å²) in [5.74, 6) is 0.0558. The summed E-state index contributed by atoms with van der Waals surface area (Å²) in [6.07, 6.45) is 4.62. The monoisotopic (exact) mass is 601 g/mol. The topological polar surface area (TPSA) is 63.6 Å². The van der Waals surface area contributed by atoms with Crippen molar-refractivity contribution < 1.29 is 13.9 Å². The second-order valence-electron chi connectivity index (χ2n) is 5.63. The van der Waals surface area contributed by atoms with E-state index in [1.54, 1.807) is 42.7 Å². The molecule has 1 aromatic heterocycles. The molecule has 0 fully saturated rings. The van der Waals surface area contributed by atoms with Crippen LogP contribution in [0, 0.1) is 13.0 Å². The van der Waals surface area contributed by atoms with Crippen LogP contribution in [-0.2, 0) is 6.61 Å². The van der Waals surface area contributed by atoms with Gasteiger partial charge in [0.1, 0.15) is 18.2 Å². The van der Waals surface area contributed by atoms with Crippen molar-refractivity contribution in [2.24, 2.45) is 5.10 Å². The quantitative estimate of drug-likeness (QED) is 0.252. The first-order valence-electron chi connectivity index (χ1n) is 8.13. The van der Waals surface area contributed by atoms with Gasteiger partial charge in [-0.2, -0.15) is 5.10 Å². The summed E-state index contributed by atoms with van der Waals surface area (Å²) in [5.41, 5.74) is 4.20. The lowest BCUT2D eigenvalue weighted by atomic mass is 10.2. The number of benzene rings is 2. The Bertz CT molecular complexity index is 990. The van der Waals surface area contributed by atoms with E-state index in [9.17, 15) is 9.18 Å². The van der Waals surface area contributed by atoms with Gasteiger partial charge in [0.2, 0.25) is 0 Å². The van der Waals surface area contributed by atoms with Crippen LogP contribution in [0.3, 0.4) is 0 Å².